The molecule has 1 heterocycles. The molecule has 5 nitrogen and oxygen atoms in total. The quantitative estimate of drug-likeness (QED) is 0.519. The fourth-order valence-corrected chi connectivity index (χ4v) is 2.45. The first-order valence-corrected chi connectivity index (χ1v) is 6.11. The molecule has 2 aromatic carbocycles. The van der Waals surface area contributed by atoms with Crippen LogP contribution in [0.1, 0.15) is 11.1 Å². The molecule has 1 aliphatic rings. The Morgan fingerprint density at radius 3 is 2.60 bits per heavy atom. The lowest BCUT2D eigenvalue weighted by atomic mass is 10.1. The number of benzene rings is 2. The maximum atomic E-state index is 13.2. The van der Waals surface area contributed by atoms with Gasteiger partial charge in [0, 0.05) is 24.8 Å². The van der Waals surface area contributed by atoms with Crippen LogP contribution in [0.5, 0.6) is 0 Å². The highest BCUT2D eigenvalue weighted by Gasteiger charge is 2.21. The molecule has 0 saturated carbocycles. The molecule has 20 heavy (non-hydrogen) atoms. The number of halogens is 1. The summed E-state index contributed by atoms with van der Waals surface area (Å²) >= 11 is 0. The number of nitrogen functional groups attached to an aromatic ring is 1. The van der Waals surface area contributed by atoms with Gasteiger partial charge < -0.3 is 10.6 Å². The van der Waals surface area contributed by atoms with Crippen molar-refractivity contribution < 1.29 is 9.31 Å². The third kappa shape index (κ3) is 2.05. The molecule has 6 heteroatoms. The van der Waals surface area contributed by atoms with E-state index in [-0.39, 0.29) is 17.2 Å². The first-order valence-electron chi connectivity index (χ1n) is 6.11. The molecule has 0 amide bonds. The predicted molar refractivity (Wildman–Crippen MR) is 73.8 cm³/mol. The Hall–Kier alpha value is -2.63. The third-order valence-electron chi connectivity index (χ3n) is 3.46. The van der Waals surface area contributed by atoms with Gasteiger partial charge in [0.05, 0.1) is 4.92 Å². The lowest BCUT2D eigenvalue weighted by Gasteiger charge is -2.18. The number of rotatable bonds is 2. The van der Waals surface area contributed by atoms with Crippen molar-refractivity contribution in [1.82, 2.24) is 0 Å². The van der Waals surface area contributed by atoms with Crippen LogP contribution >= 0.6 is 0 Å². The Labute approximate surface area is 114 Å². The average molecular weight is 273 g/mol. The molecule has 0 fully saturated rings. The number of nitro groups is 1. The zero-order valence-electron chi connectivity index (χ0n) is 10.5. The maximum Gasteiger partial charge on any atom is 0.292 e. The molecule has 0 unspecified atom stereocenters. The Morgan fingerprint density at radius 2 is 1.90 bits per heavy atom. The van der Waals surface area contributed by atoms with Gasteiger partial charge >= 0.3 is 0 Å². The second-order valence-electron chi connectivity index (χ2n) is 4.77. The second-order valence-corrected chi connectivity index (χ2v) is 4.77. The minimum absolute atomic E-state index is 0.100. The highest BCUT2D eigenvalue weighted by atomic mass is 19.1. The van der Waals surface area contributed by atoms with Gasteiger partial charge in [-0.15, -0.1) is 0 Å². The minimum atomic E-state index is -0.507. The van der Waals surface area contributed by atoms with Gasteiger partial charge in [-0.3, -0.25) is 10.1 Å². The fraction of sp³-hybridized carbons (Fsp3) is 0.143. The van der Waals surface area contributed by atoms with Crippen molar-refractivity contribution in [3.8, 4) is 0 Å². The SMILES string of the molecule is Nc1cc(N2Cc3ccc(F)cc3C2)ccc1[N+](=O)[O-]. The molecule has 0 radical (unpaired) electrons. The van der Waals surface area contributed by atoms with Crippen molar-refractivity contribution in [2.24, 2.45) is 0 Å². The van der Waals surface area contributed by atoms with Crippen LogP contribution < -0.4 is 10.6 Å². The van der Waals surface area contributed by atoms with Crippen LogP contribution in [0.15, 0.2) is 36.4 Å². The van der Waals surface area contributed by atoms with Gasteiger partial charge in [-0.1, -0.05) is 6.07 Å². The molecule has 102 valence electrons. The largest absolute Gasteiger partial charge is 0.393 e. The van der Waals surface area contributed by atoms with E-state index in [4.69, 9.17) is 5.73 Å². The molecule has 0 aliphatic carbocycles. The number of hydrogen-bond acceptors (Lipinski definition) is 4. The van der Waals surface area contributed by atoms with Crippen LogP contribution in [-0.2, 0) is 13.1 Å². The molecular weight excluding hydrogens is 261 g/mol. The first kappa shape index (κ1) is 12.4. The fourth-order valence-electron chi connectivity index (χ4n) is 2.45. The molecule has 3 rings (SSSR count). The summed E-state index contributed by atoms with van der Waals surface area (Å²) in [5.41, 5.74) is 8.51. The molecule has 0 bridgehead atoms. The lowest BCUT2D eigenvalue weighted by molar-refractivity contribution is -0.383. The number of nitrogens with two attached hydrogens (primary N) is 1. The number of fused-ring (bicyclic) bond motifs is 1. The van der Waals surface area contributed by atoms with Gasteiger partial charge in [0.15, 0.2) is 0 Å². The number of hydrogen-bond donors (Lipinski definition) is 1. The Balaban J connectivity index is 1.89. The first-order chi connectivity index (χ1) is 9.54. The molecular formula is C14H12FN3O2. The van der Waals surface area contributed by atoms with Gasteiger partial charge in [-0.2, -0.15) is 0 Å². The van der Waals surface area contributed by atoms with Crippen molar-refractivity contribution in [2.75, 3.05) is 10.6 Å². The molecule has 0 saturated heterocycles. The van der Waals surface area contributed by atoms with Crippen LogP contribution in [0, 0.1) is 15.9 Å². The van der Waals surface area contributed by atoms with E-state index in [9.17, 15) is 14.5 Å². The van der Waals surface area contributed by atoms with Gasteiger partial charge in [-0.05, 0) is 35.4 Å². The normalized spacial score (nSPS) is 13.3. The molecule has 0 aromatic heterocycles. The molecule has 0 spiro atoms. The van der Waals surface area contributed by atoms with Gasteiger partial charge in [0.1, 0.15) is 11.5 Å². The van der Waals surface area contributed by atoms with E-state index in [0.717, 1.165) is 16.8 Å². The van der Waals surface area contributed by atoms with Crippen molar-refractivity contribution in [2.45, 2.75) is 13.1 Å². The summed E-state index contributed by atoms with van der Waals surface area (Å²) in [5.74, 6) is -0.256. The summed E-state index contributed by atoms with van der Waals surface area (Å²) in [6, 6.07) is 9.36. The summed E-state index contributed by atoms with van der Waals surface area (Å²) in [5, 5.41) is 10.7. The van der Waals surface area contributed by atoms with Crippen molar-refractivity contribution >= 4 is 17.1 Å². The summed E-state index contributed by atoms with van der Waals surface area (Å²) in [4.78, 5) is 12.2. The molecule has 2 aromatic rings. The molecule has 1 aliphatic heterocycles. The predicted octanol–water partition coefficient (Wildman–Crippen LogP) is 2.84. The van der Waals surface area contributed by atoms with Gasteiger partial charge in [0.25, 0.3) is 5.69 Å². The summed E-state index contributed by atoms with van der Waals surface area (Å²) in [7, 11) is 0. The van der Waals surface area contributed by atoms with Crippen molar-refractivity contribution in [1.29, 1.82) is 0 Å². The summed E-state index contributed by atoms with van der Waals surface area (Å²) < 4.78 is 13.2. The Kier molecular flexibility index (Phi) is 2.78. The van der Waals surface area contributed by atoms with Gasteiger partial charge in [-0.25, -0.2) is 4.39 Å². The second kappa shape index (κ2) is 4.48. The topological polar surface area (TPSA) is 72.4 Å². The number of nitro benzene ring substituents is 1. The zero-order chi connectivity index (χ0) is 14.3. The highest BCUT2D eigenvalue weighted by Crippen LogP contribution is 2.32. The standard InChI is InChI=1S/C14H12FN3O2/c15-11-2-1-9-7-17(8-10(9)5-11)12-3-4-14(18(19)20)13(16)6-12/h1-6H,7-8,16H2. The maximum absolute atomic E-state index is 13.2. The van der Waals surface area contributed by atoms with Crippen LogP contribution in [-0.4, -0.2) is 4.92 Å². The van der Waals surface area contributed by atoms with E-state index in [1.54, 1.807) is 18.2 Å². The minimum Gasteiger partial charge on any atom is -0.393 e. The van der Waals surface area contributed by atoms with E-state index >= 15 is 0 Å². The smallest absolute Gasteiger partial charge is 0.292 e. The van der Waals surface area contributed by atoms with E-state index in [1.165, 1.54) is 18.2 Å². The van der Waals surface area contributed by atoms with Crippen LogP contribution in [0.4, 0.5) is 21.5 Å². The Bertz CT molecular complexity index is 703. The van der Waals surface area contributed by atoms with Crippen LogP contribution in [0.3, 0.4) is 0 Å². The van der Waals surface area contributed by atoms with E-state index < -0.39 is 4.92 Å². The lowest BCUT2D eigenvalue weighted by Crippen LogP contribution is -2.14. The summed E-state index contributed by atoms with van der Waals surface area (Å²) in [6.45, 7) is 1.22. The van der Waals surface area contributed by atoms with Crippen molar-refractivity contribution in [3.05, 3.63) is 63.5 Å². The third-order valence-corrected chi connectivity index (χ3v) is 3.46. The van der Waals surface area contributed by atoms with E-state index in [0.29, 0.717) is 13.1 Å². The van der Waals surface area contributed by atoms with E-state index in [2.05, 4.69) is 0 Å². The van der Waals surface area contributed by atoms with E-state index in [1.807, 2.05) is 4.90 Å². The Morgan fingerprint density at radius 1 is 1.15 bits per heavy atom. The van der Waals surface area contributed by atoms with Crippen LogP contribution in [0.25, 0.3) is 0 Å². The van der Waals surface area contributed by atoms with Crippen molar-refractivity contribution in [3.63, 3.8) is 0 Å². The highest BCUT2D eigenvalue weighted by molar-refractivity contribution is 5.67. The molecule has 0 atom stereocenters. The zero-order valence-corrected chi connectivity index (χ0v) is 10.5. The van der Waals surface area contributed by atoms with Crippen LogP contribution in [0.2, 0.25) is 0 Å². The number of nitrogens with zero attached hydrogens (tertiary/aromatic N) is 2. The number of anilines is 2. The average Bonchev–Trinajstić information content (AvgIpc) is 2.81. The van der Waals surface area contributed by atoms with Gasteiger partial charge in [0.2, 0.25) is 0 Å². The summed E-state index contributed by atoms with van der Waals surface area (Å²) in [6.07, 6.45) is 0. The molecule has 2 N–H and O–H groups in total. The monoisotopic (exact) mass is 273 g/mol.